The van der Waals surface area contributed by atoms with E-state index >= 15 is 0 Å². The standard InChI is InChI=1S/C21H21Cl3N2O5S/c1-31-21(28)13-5-7-17(23)19(9-13)25-20(27)14-3-2-8-26(11-14)32(29,30)12-15-4-6-16(22)10-18(15)24/h4-7,9-10,14H,2-3,8,11-12H2,1H3,(H,25,27). The molecule has 1 unspecified atom stereocenters. The minimum Gasteiger partial charge on any atom is -0.465 e. The van der Waals surface area contributed by atoms with Crippen LogP contribution in [0.3, 0.4) is 0 Å². The summed E-state index contributed by atoms with van der Waals surface area (Å²) < 4.78 is 31.9. The molecule has 1 atom stereocenters. The van der Waals surface area contributed by atoms with Crippen LogP contribution in [0, 0.1) is 5.92 Å². The highest BCUT2D eigenvalue weighted by Gasteiger charge is 2.33. The molecule has 0 saturated carbocycles. The normalized spacial score (nSPS) is 17.1. The van der Waals surface area contributed by atoms with Crippen LogP contribution in [-0.2, 0) is 25.3 Å². The fourth-order valence-corrected chi connectivity index (χ4v) is 5.80. The molecular formula is C21H21Cl3N2O5S. The zero-order chi connectivity index (χ0) is 23.5. The van der Waals surface area contributed by atoms with Gasteiger partial charge in [-0.3, -0.25) is 4.79 Å². The van der Waals surface area contributed by atoms with Gasteiger partial charge in [0.1, 0.15) is 0 Å². The van der Waals surface area contributed by atoms with Gasteiger partial charge < -0.3 is 10.1 Å². The van der Waals surface area contributed by atoms with Gasteiger partial charge in [-0.1, -0.05) is 40.9 Å². The summed E-state index contributed by atoms with van der Waals surface area (Å²) in [7, 11) is -2.45. The van der Waals surface area contributed by atoms with Crippen molar-refractivity contribution in [2.75, 3.05) is 25.5 Å². The second-order valence-electron chi connectivity index (χ2n) is 7.36. The zero-order valence-electron chi connectivity index (χ0n) is 17.1. The first-order chi connectivity index (χ1) is 15.1. The van der Waals surface area contributed by atoms with Crippen molar-refractivity contribution in [1.29, 1.82) is 0 Å². The first-order valence-electron chi connectivity index (χ1n) is 9.71. The number of methoxy groups -OCH3 is 1. The molecular weight excluding hydrogens is 499 g/mol. The predicted molar refractivity (Wildman–Crippen MR) is 125 cm³/mol. The Labute approximate surface area is 201 Å². The maximum Gasteiger partial charge on any atom is 0.337 e. The molecule has 2 aromatic carbocycles. The van der Waals surface area contributed by atoms with Crippen LogP contribution in [0.2, 0.25) is 15.1 Å². The molecule has 1 N–H and O–H groups in total. The number of benzene rings is 2. The monoisotopic (exact) mass is 518 g/mol. The molecule has 3 rings (SSSR count). The van der Waals surface area contributed by atoms with Gasteiger partial charge in [-0.15, -0.1) is 0 Å². The molecule has 0 aliphatic carbocycles. The van der Waals surface area contributed by atoms with Gasteiger partial charge in [0.05, 0.1) is 35.1 Å². The summed E-state index contributed by atoms with van der Waals surface area (Å²) in [6.45, 7) is 0.351. The third kappa shape index (κ3) is 5.94. The number of rotatable bonds is 6. The predicted octanol–water partition coefficient (Wildman–Crippen LogP) is 4.61. The van der Waals surface area contributed by atoms with Crippen LogP contribution in [-0.4, -0.2) is 44.8 Å². The number of piperidine rings is 1. The van der Waals surface area contributed by atoms with E-state index in [0.717, 1.165) is 0 Å². The number of hydrogen-bond acceptors (Lipinski definition) is 5. The van der Waals surface area contributed by atoms with Crippen molar-refractivity contribution in [2.45, 2.75) is 18.6 Å². The molecule has 1 aliphatic heterocycles. The largest absolute Gasteiger partial charge is 0.465 e. The molecule has 0 spiro atoms. The van der Waals surface area contributed by atoms with E-state index in [1.807, 2.05) is 0 Å². The number of nitrogens with zero attached hydrogens (tertiary/aromatic N) is 1. The van der Waals surface area contributed by atoms with Gasteiger partial charge in [0.2, 0.25) is 15.9 Å². The van der Waals surface area contributed by atoms with Crippen molar-refractivity contribution in [1.82, 2.24) is 4.31 Å². The fraction of sp³-hybridized carbons (Fsp3) is 0.333. The maximum absolute atomic E-state index is 13.0. The molecule has 0 bridgehead atoms. The number of ether oxygens (including phenoxy) is 1. The third-order valence-corrected chi connectivity index (χ3v) is 7.86. The van der Waals surface area contributed by atoms with E-state index in [0.29, 0.717) is 30.0 Å². The van der Waals surface area contributed by atoms with Crippen molar-refractivity contribution in [3.8, 4) is 0 Å². The summed E-state index contributed by atoms with van der Waals surface area (Å²) in [6.07, 6.45) is 1.05. The molecule has 32 heavy (non-hydrogen) atoms. The first-order valence-corrected chi connectivity index (χ1v) is 12.5. The summed E-state index contributed by atoms with van der Waals surface area (Å²) in [6, 6.07) is 9.04. The van der Waals surface area contributed by atoms with Crippen molar-refractivity contribution in [2.24, 2.45) is 5.92 Å². The van der Waals surface area contributed by atoms with Gasteiger partial charge in [0, 0.05) is 23.1 Å². The number of hydrogen-bond donors (Lipinski definition) is 1. The zero-order valence-corrected chi connectivity index (χ0v) is 20.2. The van der Waals surface area contributed by atoms with E-state index in [1.54, 1.807) is 12.1 Å². The van der Waals surface area contributed by atoms with E-state index in [-0.39, 0.29) is 39.5 Å². The Bertz CT molecular complexity index is 1140. The van der Waals surface area contributed by atoms with Gasteiger partial charge in [-0.25, -0.2) is 17.5 Å². The quantitative estimate of drug-likeness (QED) is 0.563. The van der Waals surface area contributed by atoms with E-state index in [4.69, 9.17) is 34.8 Å². The van der Waals surface area contributed by atoms with Crippen LogP contribution < -0.4 is 5.32 Å². The molecule has 0 aromatic heterocycles. The van der Waals surface area contributed by atoms with Gasteiger partial charge >= 0.3 is 5.97 Å². The second-order valence-corrected chi connectivity index (χ2v) is 10.6. The number of esters is 1. The molecule has 2 aromatic rings. The lowest BCUT2D eigenvalue weighted by Gasteiger charge is -2.31. The lowest BCUT2D eigenvalue weighted by molar-refractivity contribution is -0.120. The van der Waals surface area contributed by atoms with Gasteiger partial charge in [0.25, 0.3) is 0 Å². The van der Waals surface area contributed by atoms with Crippen LogP contribution in [0.4, 0.5) is 5.69 Å². The molecule has 0 radical (unpaired) electrons. The molecule has 172 valence electrons. The average molecular weight is 520 g/mol. The number of amides is 1. The Morgan fingerprint density at radius 1 is 1.12 bits per heavy atom. The lowest BCUT2D eigenvalue weighted by atomic mass is 9.98. The molecule has 11 heteroatoms. The van der Waals surface area contributed by atoms with Crippen LogP contribution in [0.1, 0.15) is 28.8 Å². The Kier molecular flexibility index (Phi) is 8.06. The number of nitrogens with one attached hydrogen (secondary N) is 1. The van der Waals surface area contributed by atoms with E-state index < -0.39 is 21.9 Å². The molecule has 1 saturated heterocycles. The van der Waals surface area contributed by atoms with Gasteiger partial charge in [0.15, 0.2) is 0 Å². The highest BCUT2D eigenvalue weighted by atomic mass is 35.5. The fourth-order valence-electron chi connectivity index (χ4n) is 3.44. The molecule has 1 heterocycles. The number of anilines is 1. The van der Waals surface area contributed by atoms with E-state index in [2.05, 4.69) is 10.1 Å². The van der Waals surface area contributed by atoms with Crippen LogP contribution in [0.15, 0.2) is 36.4 Å². The molecule has 7 nitrogen and oxygen atoms in total. The Morgan fingerprint density at radius 2 is 1.88 bits per heavy atom. The maximum atomic E-state index is 13.0. The van der Waals surface area contributed by atoms with E-state index in [1.165, 1.54) is 35.7 Å². The van der Waals surface area contributed by atoms with Crippen LogP contribution in [0.5, 0.6) is 0 Å². The molecule has 1 amide bonds. The van der Waals surface area contributed by atoms with Crippen molar-refractivity contribution < 1.29 is 22.7 Å². The number of sulfonamides is 1. The van der Waals surface area contributed by atoms with Gasteiger partial charge in [-0.2, -0.15) is 0 Å². The molecule has 1 fully saturated rings. The Hall–Kier alpha value is -1.84. The van der Waals surface area contributed by atoms with E-state index in [9.17, 15) is 18.0 Å². The van der Waals surface area contributed by atoms with Crippen molar-refractivity contribution in [3.05, 3.63) is 62.6 Å². The summed E-state index contributed by atoms with van der Waals surface area (Å²) >= 11 is 18.2. The summed E-state index contributed by atoms with van der Waals surface area (Å²) in [4.78, 5) is 24.6. The molecule has 1 aliphatic rings. The lowest BCUT2D eigenvalue weighted by Crippen LogP contribution is -2.44. The summed E-state index contributed by atoms with van der Waals surface area (Å²) in [5, 5.41) is 3.64. The average Bonchev–Trinajstić information content (AvgIpc) is 2.76. The smallest absolute Gasteiger partial charge is 0.337 e. The number of carbonyl (C=O) groups is 2. The number of carbonyl (C=O) groups excluding carboxylic acids is 2. The second kappa shape index (κ2) is 10.4. The van der Waals surface area contributed by atoms with Crippen LogP contribution >= 0.6 is 34.8 Å². The first kappa shape index (κ1) is 24.8. The number of halogens is 3. The highest BCUT2D eigenvalue weighted by molar-refractivity contribution is 7.88. The van der Waals surface area contributed by atoms with Crippen molar-refractivity contribution in [3.63, 3.8) is 0 Å². The summed E-state index contributed by atoms with van der Waals surface area (Å²) in [5.41, 5.74) is 0.932. The van der Waals surface area contributed by atoms with Gasteiger partial charge in [-0.05, 0) is 48.7 Å². The Balaban J connectivity index is 1.71. The highest BCUT2D eigenvalue weighted by Crippen LogP contribution is 2.28. The Morgan fingerprint density at radius 3 is 2.56 bits per heavy atom. The minimum atomic E-state index is -3.70. The summed E-state index contributed by atoms with van der Waals surface area (Å²) in [5.74, 6) is -1.80. The topological polar surface area (TPSA) is 92.8 Å². The van der Waals surface area contributed by atoms with Crippen molar-refractivity contribution >= 4 is 62.4 Å². The minimum absolute atomic E-state index is 0.0354. The third-order valence-electron chi connectivity index (χ3n) is 5.15. The SMILES string of the molecule is COC(=O)c1ccc(Cl)c(NC(=O)C2CCCN(S(=O)(=O)Cc3ccc(Cl)cc3Cl)C2)c1. The van der Waals surface area contributed by atoms with Crippen LogP contribution in [0.25, 0.3) is 0 Å².